The molecule has 1 heterocycles. The number of thiophene rings is 1. The van der Waals surface area contributed by atoms with Crippen molar-refractivity contribution in [2.45, 2.75) is 5.92 Å². The maximum atomic E-state index is 2.43. The third-order valence-electron chi connectivity index (χ3n) is 10.6. The maximum Gasteiger partial charge on any atom is 0.0546 e. The van der Waals surface area contributed by atoms with E-state index in [2.05, 4.69) is 211 Å². The molecule has 0 aliphatic heterocycles. The Morgan fingerprint density at radius 3 is 1.60 bits per heavy atom. The van der Waals surface area contributed by atoms with Gasteiger partial charge >= 0.3 is 0 Å². The van der Waals surface area contributed by atoms with Gasteiger partial charge in [-0.05, 0) is 86.4 Å². The van der Waals surface area contributed by atoms with Crippen LogP contribution in [0.15, 0.2) is 206 Å². The van der Waals surface area contributed by atoms with Crippen molar-refractivity contribution in [2.24, 2.45) is 0 Å². The zero-order valence-corrected chi connectivity index (χ0v) is 29.9. The highest BCUT2D eigenvalue weighted by molar-refractivity contribution is 7.26. The molecule has 53 heavy (non-hydrogen) atoms. The Kier molecular flexibility index (Phi) is 7.82. The smallest absolute Gasteiger partial charge is 0.0546 e. The first-order valence-corrected chi connectivity index (χ1v) is 19.0. The van der Waals surface area contributed by atoms with Crippen molar-refractivity contribution in [3.05, 3.63) is 223 Å². The summed E-state index contributed by atoms with van der Waals surface area (Å²) in [5.74, 6) is 0.0269. The van der Waals surface area contributed by atoms with Crippen LogP contribution in [0.2, 0.25) is 0 Å². The van der Waals surface area contributed by atoms with Crippen LogP contribution in [0.5, 0.6) is 0 Å². The lowest BCUT2D eigenvalue weighted by Gasteiger charge is -2.28. The van der Waals surface area contributed by atoms with Gasteiger partial charge in [0.05, 0.1) is 5.69 Å². The van der Waals surface area contributed by atoms with Crippen LogP contribution in [0.4, 0.5) is 17.1 Å². The molecule has 10 rings (SSSR count). The van der Waals surface area contributed by atoms with Crippen LogP contribution in [0, 0.1) is 0 Å². The highest BCUT2D eigenvalue weighted by Gasteiger charge is 2.27. The average Bonchev–Trinajstić information content (AvgIpc) is 3.62. The number of fused-ring (bicyclic) bond motifs is 6. The van der Waals surface area contributed by atoms with E-state index in [1.54, 1.807) is 0 Å². The Morgan fingerprint density at radius 2 is 0.943 bits per heavy atom. The molecule has 1 nitrogen and oxygen atoms in total. The minimum absolute atomic E-state index is 0.0269. The molecule has 2 heteroatoms. The third-order valence-corrected chi connectivity index (χ3v) is 11.8. The van der Waals surface area contributed by atoms with Crippen LogP contribution in [-0.4, -0.2) is 0 Å². The molecule has 9 aromatic carbocycles. The van der Waals surface area contributed by atoms with E-state index < -0.39 is 0 Å². The summed E-state index contributed by atoms with van der Waals surface area (Å²) in [5, 5.41) is 7.57. The van der Waals surface area contributed by atoms with Gasteiger partial charge in [-0.3, -0.25) is 0 Å². The lowest BCUT2D eigenvalue weighted by Crippen LogP contribution is -2.10. The molecule has 10 aromatic rings. The summed E-state index contributed by atoms with van der Waals surface area (Å²) in [5.41, 5.74) is 9.84. The first kappa shape index (κ1) is 31.3. The predicted molar refractivity (Wildman–Crippen MR) is 228 cm³/mol. The zero-order chi connectivity index (χ0) is 35.1. The van der Waals surface area contributed by atoms with Gasteiger partial charge in [0.25, 0.3) is 0 Å². The Morgan fingerprint density at radius 1 is 0.396 bits per heavy atom. The Balaban J connectivity index is 1.34. The van der Waals surface area contributed by atoms with E-state index in [1.165, 1.54) is 69.5 Å². The van der Waals surface area contributed by atoms with Crippen LogP contribution in [0.25, 0.3) is 52.8 Å². The predicted octanol–water partition coefficient (Wildman–Crippen LogP) is 14.7. The number of anilines is 3. The Bertz CT molecular complexity index is 2800. The van der Waals surface area contributed by atoms with Crippen molar-refractivity contribution < 1.29 is 0 Å². The minimum Gasteiger partial charge on any atom is -0.310 e. The molecule has 0 saturated heterocycles. The number of benzene rings is 9. The van der Waals surface area contributed by atoms with Gasteiger partial charge in [-0.15, -0.1) is 11.3 Å². The molecule has 0 N–H and O–H groups in total. The van der Waals surface area contributed by atoms with Crippen LogP contribution in [0.3, 0.4) is 0 Å². The van der Waals surface area contributed by atoms with E-state index in [-0.39, 0.29) is 5.92 Å². The van der Waals surface area contributed by atoms with Crippen molar-refractivity contribution in [3.63, 3.8) is 0 Å². The van der Waals surface area contributed by atoms with Crippen molar-refractivity contribution >= 4 is 70.1 Å². The van der Waals surface area contributed by atoms with Crippen molar-refractivity contribution in [1.82, 2.24) is 0 Å². The molecule has 0 amide bonds. The minimum atomic E-state index is 0.0269. The molecular weight excluding hydrogens is 659 g/mol. The van der Waals surface area contributed by atoms with Crippen LogP contribution in [-0.2, 0) is 0 Å². The molecule has 0 aliphatic carbocycles. The fourth-order valence-electron chi connectivity index (χ4n) is 8.27. The van der Waals surface area contributed by atoms with Gasteiger partial charge in [0, 0.05) is 42.9 Å². The van der Waals surface area contributed by atoms with Gasteiger partial charge < -0.3 is 4.90 Å². The molecule has 0 radical (unpaired) electrons. The van der Waals surface area contributed by atoms with E-state index in [1.807, 2.05) is 11.3 Å². The normalized spacial score (nSPS) is 11.6. The monoisotopic (exact) mass is 693 g/mol. The summed E-state index contributed by atoms with van der Waals surface area (Å²) < 4.78 is 2.65. The van der Waals surface area contributed by atoms with E-state index in [0.29, 0.717) is 0 Å². The van der Waals surface area contributed by atoms with Crippen molar-refractivity contribution in [2.75, 3.05) is 4.90 Å². The maximum absolute atomic E-state index is 2.43. The number of nitrogens with zero attached hydrogens (tertiary/aromatic N) is 1. The summed E-state index contributed by atoms with van der Waals surface area (Å²) in [6.07, 6.45) is 0. The van der Waals surface area contributed by atoms with E-state index in [9.17, 15) is 0 Å². The molecule has 0 saturated carbocycles. The molecule has 0 atom stereocenters. The fourth-order valence-corrected chi connectivity index (χ4v) is 9.55. The summed E-state index contributed by atoms with van der Waals surface area (Å²) >= 11 is 1.92. The van der Waals surface area contributed by atoms with Crippen molar-refractivity contribution in [3.8, 4) is 11.1 Å². The van der Waals surface area contributed by atoms with Crippen molar-refractivity contribution in [1.29, 1.82) is 0 Å². The molecule has 0 aliphatic rings. The third kappa shape index (κ3) is 5.39. The van der Waals surface area contributed by atoms with E-state index in [4.69, 9.17) is 0 Å². The number of hydrogen-bond donors (Lipinski definition) is 0. The first-order valence-electron chi connectivity index (χ1n) is 18.2. The second kappa shape index (κ2) is 13.2. The zero-order valence-electron chi connectivity index (χ0n) is 29.1. The lowest BCUT2D eigenvalue weighted by atomic mass is 9.79. The molecule has 0 unspecified atom stereocenters. The van der Waals surface area contributed by atoms with E-state index in [0.717, 1.165) is 17.1 Å². The number of hydrogen-bond acceptors (Lipinski definition) is 2. The highest BCUT2D eigenvalue weighted by atomic mass is 32.1. The summed E-state index contributed by atoms with van der Waals surface area (Å²) in [6, 6.07) is 75.4. The molecule has 1 aromatic heterocycles. The second-order valence-corrected chi connectivity index (χ2v) is 14.7. The first-order chi connectivity index (χ1) is 26.3. The Labute approximate surface area is 313 Å². The second-order valence-electron chi connectivity index (χ2n) is 13.6. The SMILES string of the molecule is c1ccc(C(c2ccccc2)c2c(-c3cc4ccccc4c4c(N(c5ccccc5)c5ccccc5)cccc34)ccc3c2sc2ccccc23)cc1. The molecule has 0 spiro atoms. The van der Waals surface area contributed by atoms with Gasteiger partial charge in [0.2, 0.25) is 0 Å². The quantitative estimate of drug-likeness (QED) is 0.119. The fraction of sp³-hybridized carbons (Fsp3) is 0.0196. The van der Waals surface area contributed by atoms with Crippen LogP contribution >= 0.6 is 11.3 Å². The van der Waals surface area contributed by atoms with E-state index >= 15 is 0 Å². The van der Waals surface area contributed by atoms with Gasteiger partial charge in [0.1, 0.15) is 0 Å². The summed E-state index contributed by atoms with van der Waals surface area (Å²) in [4.78, 5) is 2.41. The van der Waals surface area contributed by atoms with Gasteiger partial charge in [0.15, 0.2) is 0 Å². The number of rotatable bonds is 7. The molecular formula is C51H35NS. The van der Waals surface area contributed by atoms with Crippen LogP contribution in [0.1, 0.15) is 22.6 Å². The van der Waals surface area contributed by atoms with Gasteiger partial charge in [-0.1, -0.05) is 164 Å². The highest BCUT2D eigenvalue weighted by Crippen LogP contribution is 2.50. The lowest BCUT2D eigenvalue weighted by molar-refractivity contribution is 0.994. The Hall–Kier alpha value is -6.48. The number of para-hydroxylation sites is 2. The topological polar surface area (TPSA) is 3.24 Å². The average molecular weight is 694 g/mol. The van der Waals surface area contributed by atoms with Gasteiger partial charge in [-0.2, -0.15) is 0 Å². The summed E-state index contributed by atoms with van der Waals surface area (Å²) in [7, 11) is 0. The molecule has 0 fully saturated rings. The van der Waals surface area contributed by atoms with Crippen LogP contribution < -0.4 is 4.90 Å². The summed E-state index contributed by atoms with van der Waals surface area (Å²) in [6.45, 7) is 0. The molecule has 250 valence electrons. The van der Waals surface area contributed by atoms with Gasteiger partial charge in [-0.25, -0.2) is 0 Å². The largest absolute Gasteiger partial charge is 0.310 e. The standard InChI is InChI=1S/C51H35NS/c1-5-18-35(19-6-1)48(36-20-7-2-8-21-36)50-43(32-33-44-41-28-15-16-31-47(41)53-51(44)50)45-34-37-22-13-14-27-40(37)49-42(45)29-17-30-46(49)52(38-23-9-3-10-24-38)39-25-11-4-12-26-39/h1-34,48H. The molecule has 0 bridgehead atoms.